The molecule has 114 valence electrons. The summed E-state index contributed by atoms with van der Waals surface area (Å²) in [5, 5.41) is 14.6. The van der Waals surface area contributed by atoms with E-state index in [1.54, 1.807) is 18.2 Å². The lowest BCUT2D eigenvalue weighted by Crippen LogP contribution is -2.33. The third kappa shape index (κ3) is 4.34. The van der Waals surface area contributed by atoms with Crippen molar-refractivity contribution in [3.63, 3.8) is 0 Å². The largest absolute Gasteiger partial charge is 0.545 e. The van der Waals surface area contributed by atoms with Gasteiger partial charge in [0.1, 0.15) is 0 Å². The van der Waals surface area contributed by atoms with Crippen LogP contribution in [0.5, 0.6) is 0 Å². The van der Waals surface area contributed by atoms with E-state index in [1.807, 2.05) is 19.1 Å². The molecule has 5 nitrogen and oxygen atoms in total. The second-order valence-electron chi connectivity index (χ2n) is 4.53. The first-order valence-electron chi connectivity index (χ1n) is 6.36. The number of nitrogens with one attached hydrogen (secondary N) is 3. The van der Waals surface area contributed by atoms with Crippen LogP contribution in [0.1, 0.15) is 15.9 Å². The number of aromatic carboxylic acids is 1. The molecule has 3 N–H and O–H groups in total. The number of carbonyl (C=O) groups excluding carboxylic acids is 1. The molecule has 2 rings (SSSR count). The number of hydrogen-bond acceptors (Lipinski definition) is 4. The van der Waals surface area contributed by atoms with Gasteiger partial charge in [0, 0.05) is 10.7 Å². The third-order valence-electron chi connectivity index (χ3n) is 2.87. The predicted octanol–water partition coefficient (Wildman–Crippen LogP) is 2.33. The first-order chi connectivity index (χ1) is 10.5. The molecular weight excluding hydrogens is 322 g/mol. The van der Waals surface area contributed by atoms with Crippen molar-refractivity contribution in [2.24, 2.45) is 0 Å². The van der Waals surface area contributed by atoms with Gasteiger partial charge in [0.25, 0.3) is 0 Å². The summed E-state index contributed by atoms with van der Waals surface area (Å²) < 4.78 is 0. The Labute approximate surface area is 138 Å². The molecule has 7 heteroatoms. The molecule has 22 heavy (non-hydrogen) atoms. The summed E-state index contributed by atoms with van der Waals surface area (Å²) >= 11 is 11.2. The van der Waals surface area contributed by atoms with Crippen LogP contribution in [-0.2, 0) is 0 Å². The van der Waals surface area contributed by atoms with E-state index in [0.29, 0.717) is 15.8 Å². The molecule has 0 atom stereocenters. The van der Waals surface area contributed by atoms with Crippen molar-refractivity contribution in [2.45, 2.75) is 6.92 Å². The lowest BCUT2D eigenvalue weighted by Gasteiger charge is -2.13. The molecular formula is C15H13ClN3O2S-. The number of carbonyl (C=O) groups is 1. The third-order valence-corrected chi connectivity index (χ3v) is 3.48. The zero-order chi connectivity index (χ0) is 16.1. The summed E-state index contributed by atoms with van der Waals surface area (Å²) in [5.41, 5.74) is 8.18. The van der Waals surface area contributed by atoms with E-state index in [4.69, 9.17) is 23.8 Å². The maximum Gasteiger partial charge on any atom is 0.189 e. The van der Waals surface area contributed by atoms with Crippen LogP contribution in [0.25, 0.3) is 0 Å². The molecule has 0 heterocycles. The molecule has 0 aliphatic rings. The van der Waals surface area contributed by atoms with Crippen LogP contribution in [0, 0.1) is 6.92 Å². The molecule has 2 aromatic rings. The number of carboxylic acid groups (broad SMARTS) is 1. The van der Waals surface area contributed by atoms with Crippen LogP contribution in [0.3, 0.4) is 0 Å². The van der Waals surface area contributed by atoms with Gasteiger partial charge in [0.05, 0.1) is 11.7 Å². The quantitative estimate of drug-likeness (QED) is 0.588. The fraction of sp³-hybridized carbons (Fsp3) is 0.0667. The summed E-state index contributed by atoms with van der Waals surface area (Å²) in [6.45, 7) is 1.92. The number of aryl methyl sites for hydroxylation is 1. The van der Waals surface area contributed by atoms with Crippen LogP contribution < -0.4 is 21.3 Å². The Bertz CT molecular complexity index is 704. The molecule has 0 aliphatic heterocycles. The van der Waals surface area contributed by atoms with Crippen LogP contribution in [-0.4, -0.2) is 11.1 Å². The first kappa shape index (κ1) is 16.1. The number of anilines is 2. The minimum absolute atomic E-state index is 0.112. The van der Waals surface area contributed by atoms with Crippen molar-refractivity contribution in [1.29, 1.82) is 0 Å². The molecule has 0 saturated heterocycles. The fourth-order valence-electron chi connectivity index (χ4n) is 1.65. The average molecular weight is 335 g/mol. The van der Waals surface area contributed by atoms with Crippen molar-refractivity contribution >= 4 is 46.3 Å². The van der Waals surface area contributed by atoms with Crippen molar-refractivity contribution < 1.29 is 9.90 Å². The Hall–Kier alpha value is -2.31. The van der Waals surface area contributed by atoms with Crippen LogP contribution in [0.4, 0.5) is 11.4 Å². The molecule has 0 aromatic heterocycles. The van der Waals surface area contributed by atoms with Crippen LogP contribution in [0.2, 0.25) is 5.02 Å². The lowest BCUT2D eigenvalue weighted by atomic mass is 10.2. The Morgan fingerprint density at radius 1 is 1.14 bits per heavy atom. The number of thiocarbonyl (C=S) groups is 1. The van der Waals surface area contributed by atoms with Crippen molar-refractivity contribution in [2.75, 3.05) is 10.7 Å². The maximum atomic E-state index is 10.6. The molecule has 0 unspecified atom stereocenters. The molecule has 0 amide bonds. The van der Waals surface area contributed by atoms with E-state index in [2.05, 4.69) is 16.2 Å². The van der Waals surface area contributed by atoms with Crippen LogP contribution >= 0.6 is 23.8 Å². The molecule has 0 spiro atoms. The Kier molecular flexibility index (Phi) is 5.19. The second kappa shape index (κ2) is 7.11. The van der Waals surface area contributed by atoms with Gasteiger partial charge in [-0.2, -0.15) is 0 Å². The number of benzene rings is 2. The number of halogens is 1. The number of hydrazine groups is 1. The van der Waals surface area contributed by atoms with E-state index in [9.17, 15) is 9.90 Å². The van der Waals surface area contributed by atoms with Gasteiger partial charge in [-0.3, -0.25) is 10.9 Å². The van der Waals surface area contributed by atoms with Gasteiger partial charge in [-0.1, -0.05) is 29.8 Å². The molecule has 0 saturated carbocycles. The Morgan fingerprint density at radius 3 is 2.36 bits per heavy atom. The van der Waals surface area contributed by atoms with Gasteiger partial charge in [0.2, 0.25) is 0 Å². The lowest BCUT2D eigenvalue weighted by molar-refractivity contribution is -0.255. The van der Waals surface area contributed by atoms with Gasteiger partial charge in [-0.05, 0) is 54.5 Å². The minimum Gasteiger partial charge on any atom is -0.545 e. The summed E-state index contributed by atoms with van der Waals surface area (Å²) in [6, 6.07) is 11.6. The van der Waals surface area contributed by atoms with E-state index in [0.717, 1.165) is 11.3 Å². The number of hydrogen-bond donors (Lipinski definition) is 3. The van der Waals surface area contributed by atoms with E-state index in [-0.39, 0.29) is 5.56 Å². The molecule has 2 aromatic carbocycles. The summed E-state index contributed by atoms with van der Waals surface area (Å²) in [4.78, 5) is 10.6. The fourth-order valence-corrected chi connectivity index (χ4v) is 2.00. The van der Waals surface area contributed by atoms with E-state index in [1.165, 1.54) is 12.1 Å². The highest BCUT2D eigenvalue weighted by Gasteiger charge is 2.01. The topological polar surface area (TPSA) is 76.2 Å². The number of rotatable bonds is 4. The van der Waals surface area contributed by atoms with Crippen molar-refractivity contribution in [3.05, 3.63) is 58.6 Å². The molecule has 0 radical (unpaired) electrons. The van der Waals surface area contributed by atoms with Gasteiger partial charge in [0.15, 0.2) is 5.11 Å². The monoisotopic (exact) mass is 334 g/mol. The molecule has 0 bridgehead atoms. The highest BCUT2D eigenvalue weighted by molar-refractivity contribution is 7.80. The first-order valence-corrected chi connectivity index (χ1v) is 7.15. The predicted molar refractivity (Wildman–Crippen MR) is 89.9 cm³/mol. The minimum atomic E-state index is -1.21. The summed E-state index contributed by atoms with van der Waals surface area (Å²) in [5.74, 6) is -1.21. The summed E-state index contributed by atoms with van der Waals surface area (Å²) in [6.07, 6.45) is 0. The smallest absolute Gasteiger partial charge is 0.189 e. The normalized spacial score (nSPS) is 9.91. The van der Waals surface area contributed by atoms with Gasteiger partial charge in [-0.15, -0.1) is 0 Å². The summed E-state index contributed by atoms with van der Waals surface area (Å²) in [7, 11) is 0. The van der Waals surface area contributed by atoms with Gasteiger partial charge >= 0.3 is 0 Å². The van der Waals surface area contributed by atoms with Gasteiger partial charge in [-0.25, -0.2) is 0 Å². The molecule has 0 fully saturated rings. The van der Waals surface area contributed by atoms with Crippen molar-refractivity contribution in [3.8, 4) is 0 Å². The second-order valence-corrected chi connectivity index (χ2v) is 5.35. The number of carboxylic acids is 1. The highest BCUT2D eigenvalue weighted by atomic mass is 35.5. The van der Waals surface area contributed by atoms with E-state index < -0.39 is 5.97 Å². The SMILES string of the molecule is Cc1ccc(NC(=S)NNc2ccc(C(=O)[O-])cc2)cc1Cl. The Morgan fingerprint density at radius 2 is 1.77 bits per heavy atom. The van der Waals surface area contributed by atoms with Crippen LogP contribution in [0.15, 0.2) is 42.5 Å². The highest BCUT2D eigenvalue weighted by Crippen LogP contribution is 2.19. The maximum absolute atomic E-state index is 10.6. The standard InChI is InChI=1S/C15H14ClN3O2S/c1-9-2-5-12(8-13(9)16)17-15(22)19-18-11-6-3-10(4-7-11)14(20)21/h2-8,18H,1H3,(H,20,21)(H2,17,19,22)/p-1. The van der Waals surface area contributed by atoms with Crippen molar-refractivity contribution in [1.82, 2.24) is 5.43 Å². The Balaban J connectivity index is 1.89. The molecule has 0 aliphatic carbocycles. The van der Waals surface area contributed by atoms with E-state index >= 15 is 0 Å². The van der Waals surface area contributed by atoms with Gasteiger partial charge < -0.3 is 15.2 Å². The average Bonchev–Trinajstić information content (AvgIpc) is 2.49. The zero-order valence-electron chi connectivity index (χ0n) is 11.6. The zero-order valence-corrected chi connectivity index (χ0v) is 13.2.